The minimum Gasteiger partial charge on any atom is -0.361 e. The Balaban J connectivity index is 1.48. The highest BCUT2D eigenvalue weighted by Gasteiger charge is 2.13. The summed E-state index contributed by atoms with van der Waals surface area (Å²) in [7, 11) is 0. The molecule has 0 radical (unpaired) electrons. The van der Waals surface area contributed by atoms with Gasteiger partial charge in [0.1, 0.15) is 0 Å². The van der Waals surface area contributed by atoms with Crippen LogP contribution in [0.15, 0.2) is 90.2 Å². The molecule has 4 aromatic rings. The van der Waals surface area contributed by atoms with Gasteiger partial charge in [0.25, 0.3) is 11.8 Å². The first kappa shape index (κ1) is 18.2. The van der Waals surface area contributed by atoms with E-state index in [0.29, 0.717) is 16.8 Å². The number of benzene rings is 3. The number of nitrogens with one attached hydrogen (secondary N) is 3. The molecule has 4 rings (SSSR count). The molecule has 1 aromatic heterocycles. The summed E-state index contributed by atoms with van der Waals surface area (Å²) < 4.78 is 0. The SMILES string of the molecule is O=C(Nc1ccccc1C(=O)N/N=C\c1c[nH]c2ccccc12)c1ccccc1. The molecule has 0 aliphatic heterocycles. The Morgan fingerprint density at radius 3 is 2.41 bits per heavy atom. The van der Waals surface area contributed by atoms with Crippen LogP contribution in [0.3, 0.4) is 0 Å². The summed E-state index contributed by atoms with van der Waals surface area (Å²) in [5.74, 6) is -0.696. The average Bonchev–Trinajstić information content (AvgIpc) is 3.18. The van der Waals surface area contributed by atoms with Gasteiger partial charge in [-0.2, -0.15) is 5.10 Å². The molecule has 0 atom stereocenters. The molecule has 0 unspecified atom stereocenters. The molecule has 1 heterocycles. The monoisotopic (exact) mass is 382 g/mol. The maximum Gasteiger partial charge on any atom is 0.273 e. The number of hydrogen-bond acceptors (Lipinski definition) is 3. The number of rotatable bonds is 5. The van der Waals surface area contributed by atoms with E-state index in [-0.39, 0.29) is 5.91 Å². The quantitative estimate of drug-likeness (QED) is 0.357. The van der Waals surface area contributed by atoms with Gasteiger partial charge in [-0.15, -0.1) is 0 Å². The number of fused-ring (bicyclic) bond motifs is 1. The summed E-state index contributed by atoms with van der Waals surface area (Å²) >= 11 is 0. The van der Waals surface area contributed by atoms with Crippen LogP contribution in [0.4, 0.5) is 5.69 Å². The number of H-pyrrole nitrogens is 1. The molecule has 0 spiro atoms. The van der Waals surface area contributed by atoms with Crippen molar-refractivity contribution >= 4 is 34.6 Å². The van der Waals surface area contributed by atoms with Crippen LogP contribution in [-0.2, 0) is 0 Å². The Bertz CT molecular complexity index is 1200. The van der Waals surface area contributed by atoms with Gasteiger partial charge in [-0.3, -0.25) is 9.59 Å². The lowest BCUT2D eigenvalue weighted by Gasteiger charge is -2.10. The van der Waals surface area contributed by atoms with Crippen LogP contribution >= 0.6 is 0 Å². The lowest BCUT2D eigenvalue weighted by atomic mass is 10.1. The maximum absolute atomic E-state index is 12.6. The number of aromatic nitrogens is 1. The van der Waals surface area contributed by atoms with E-state index in [2.05, 4.69) is 20.8 Å². The summed E-state index contributed by atoms with van der Waals surface area (Å²) in [6, 6.07) is 23.5. The summed E-state index contributed by atoms with van der Waals surface area (Å²) in [5, 5.41) is 7.86. The zero-order valence-corrected chi connectivity index (χ0v) is 15.4. The van der Waals surface area contributed by atoms with Crippen molar-refractivity contribution in [2.24, 2.45) is 5.10 Å². The molecule has 3 N–H and O–H groups in total. The molecular formula is C23H18N4O2. The first-order valence-electron chi connectivity index (χ1n) is 9.07. The number of nitrogens with zero attached hydrogens (tertiary/aromatic N) is 1. The van der Waals surface area contributed by atoms with E-state index < -0.39 is 5.91 Å². The Hall–Kier alpha value is -4.19. The molecule has 0 fully saturated rings. The third-order valence-electron chi connectivity index (χ3n) is 4.45. The Labute approximate surface area is 167 Å². The number of aromatic amines is 1. The van der Waals surface area contributed by atoms with Crippen molar-refractivity contribution in [2.75, 3.05) is 5.32 Å². The van der Waals surface area contributed by atoms with Crippen molar-refractivity contribution in [3.8, 4) is 0 Å². The Morgan fingerprint density at radius 2 is 1.55 bits per heavy atom. The van der Waals surface area contributed by atoms with Crippen molar-refractivity contribution in [3.05, 3.63) is 102 Å². The first-order valence-corrected chi connectivity index (χ1v) is 9.07. The standard InChI is InChI=1S/C23H18N4O2/c28-22(16-8-2-1-3-9-16)26-21-13-7-5-11-19(21)23(29)27-25-15-17-14-24-20-12-6-4-10-18(17)20/h1-15,24H,(H,26,28)(H,27,29)/b25-15-. The van der Waals surface area contributed by atoms with Gasteiger partial charge in [0, 0.05) is 28.2 Å². The second-order valence-corrected chi connectivity index (χ2v) is 6.35. The van der Waals surface area contributed by atoms with E-state index in [1.807, 2.05) is 36.5 Å². The zero-order valence-electron chi connectivity index (χ0n) is 15.4. The van der Waals surface area contributed by atoms with Crippen molar-refractivity contribution in [3.63, 3.8) is 0 Å². The third-order valence-corrected chi connectivity index (χ3v) is 4.45. The molecule has 0 saturated carbocycles. The van der Waals surface area contributed by atoms with Crippen LogP contribution in [0.5, 0.6) is 0 Å². The van der Waals surface area contributed by atoms with Crippen LogP contribution in [0.25, 0.3) is 10.9 Å². The maximum atomic E-state index is 12.6. The summed E-state index contributed by atoms with van der Waals surface area (Å²) in [4.78, 5) is 28.2. The van der Waals surface area contributed by atoms with E-state index >= 15 is 0 Å². The first-order chi connectivity index (χ1) is 14.2. The summed E-state index contributed by atoms with van der Waals surface area (Å²) in [6.45, 7) is 0. The van der Waals surface area contributed by atoms with Crippen LogP contribution in [0.1, 0.15) is 26.3 Å². The van der Waals surface area contributed by atoms with E-state index in [1.54, 1.807) is 54.7 Å². The van der Waals surface area contributed by atoms with Gasteiger partial charge < -0.3 is 10.3 Å². The van der Waals surface area contributed by atoms with Crippen LogP contribution < -0.4 is 10.7 Å². The van der Waals surface area contributed by atoms with E-state index in [9.17, 15) is 9.59 Å². The van der Waals surface area contributed by atoms with Gasteiger partial charge in [-0.05, 0) is 30.3 Å². The molecule has 0 aliphatic rings. The normalized spacial score (nSPS) is 10.9. The highest BCUT2D eigenvalue weighted by atomic mass is 16.2. The van der Waals surface area contributed by atoms with Crippen molar-refractivity contribution in [1.29, 1.82) is 0 Å². The highest BCUT2D eigenvalue weighted by molar-refractivity contribution is 6.09. The largest absolute Gasteiger partial charge is 0.361 e. The highest BCUT2D eigenvalue weighted by Crippen LogP contribution is 2.17. The molecule has 29 heavy (non-hydrogen) atoms. The molecule has 142 valence electrons. The molecule has 6 nitrogen and oxygen atoms in total. The fraction of sp³-hybridized carbons (Fsp3) is 0. The second kappa shape index (κ2) is 8.22. The third kappa shape index (κ3) is 4.06. The van der Waals surface area contributed by atoms with Gasteiger partial charge in [0.15, 0.2) is 0 Å². The van der Waals surface area contributed by atoms with Crippen LogP contribution in [0.2, 0.25) is 0 Å². The molecule has 3 aromatic carbocycles. The van der Waals surface area contributed by atoms with E-state index in [1.165, 1.54) is 0 Å². The number of carbonyl (C=O) groups excluding carboxylic acids is 2. The molecular weight excluding hydrogens is 364 g/mol. The fourth-order valence-corrected chi connectivity index (χ4v) is 3.00. The van der Waals surface area contributed by atoms with Gasteiger partial charge in [-0.25, -0.2) is 5.43 Å². The Kier molecular flexibility index (Phi) is 5.16. The van der Waals surface area contributed by atoms with Gasteiger partial charge in [0.2, 0.25) is 0 Å². The average molecular weight is 382 g/mol. The van der Waals surface area contributed by atoms with Gasteiger partial charge >= 0.3 is 0 Å². The molecule has 6 heteroatoms. The number of hydrazone groups is 1. The minimum absolute atomic E-state index is 0.284. The number of anilines is 1. The number of para-hydroxylation sites is 2. The fourth-order valence-electron chi connectivity index (χ4n) is 3.00. The molecule has 0 aliphatic carbocycles. The van der Waals surface area contributed by atoms with Gasteiger partial charge in [-0.1, -0.05) is 48.5 Å². The molecule has 0 saturated heterocycles. The zero-order chi connectivity index (χ0) is 20.1. The number of carbonyl (C=O) groups is 2. The van der Waals surface area contributed by atoms with E-state index in [0.717, 1.165) is 16.5 Å². The predicted octanol–water partition coefficient (Wildman–Crippen LogP) is 4.18. The lowest BCUT2D eigenvalue weighted by Crippen LogP contribution is -2.21. The van der Waals surface area contributed by atoms with Crippen LogP contribution in [0, 0.1) is 0 Å². The minimum atomic E-state index is -0.412. The van der Waals surface area contributed by atoms with Gasteiger partial charge in [0.05, 0.1) is 17.5 Å². The van der Waals surface area contributed by atoms with Crippen LogP contribution in [-0.4, -0.2) is 23.0 Å². The molecule has 2 amide bonds. The second-order valence-electron chi connectivity index (χ2n) is 6.35. The number of hydrogen-bond donors (Lipinski definition) is 3. The molecule has 0 bridgehead atoms. The topological polar surface area (TPSA) is 86.3 Å². The predicted molar refractivity (Wildman–Crippen MR) is 114 cm³/mol. The smallest absolute Gasteiger partial charge is 0.273 e. The Morgan fingerprint density at radius 1 is 0.828 bits per heavy atom. The summed E-state index contributed by atoms with van der Waals surface area (Å²) in [5.41, 5.74) is 5.64. The van der Waals surface area contributed by atoms with Crippen molar-refractivity contribution in [2.45, 2.75) is 0 Å². The van der Waals surface area contributed by atoms with Crippen molar-refractivity contribution < 1.29 is 9.59 Å². The van der Waals surface area contributed by atoms with Crippen molar-refractivity contribution in [1.82, 2.24) is 10.4 Å². The van der Waals surface area contributed by atoms with E-state index in [4.69, 9.17) is 0 Å². The summed E-state index contributed by atoms with van der Waals surface area (Å²) in [6.07, 6.45) is 3.41. The number of amides is 2. The lowest BCUT2D eigenvalue weighted by molar-refractivity contribution is 0.0956.